The molecule has 184 valence electrons. The number of hydrogen-bond donors (Lipinski definition) is 0. The summed E-state index contributed by atoms with van der Waals surface area (Å²) < 4.78 is 0. The predicted octanol–water partition coefficient (Wildman–Crippen LogP) is 10.8. The maximum absolute atomic E-state index is 2.48. The Balaban J connectivity index is 1.41. The molecule has 7 aromatic carbocycles. The molecule has 0 fully saturated rings. The van der Waals surface area contributed by atoms with Gasteiger partial charge < -0.3 is 0 Å². The molecule has 1 aliphatic rings. The normalized spacial score (nSPS) is 13.6. The topological polar surface area (TPSA) is 0 Å². The molecule has 0 aromatic heterocycles. The van der Waals surface area contributed by atoms with E-state index in [0.29, 0.717) is 0 Å². The predicted molar refractivity (Wildman–Crippen MR) is 167 cm³/mol. The minimum atomic E-state index is -0.0826. The fourth-order valence-corrected chi connectivity index (χ4v) is 6.91. The van der Waals surface area contributed by atoms with Gasteiger partial charge in [0.2, 0.25) is 0 Å². The van der Waals surface area contributed by atoms with Crippen LogP contribution in [0, 0.1) is 0 Å². The Labute approximate surface area is 229 Å². The molecule has 0 heterocycles. The molecule has 0 unspecified atom stereocenters. The SMILES string of the molecule is CC1(C)c2ccc3ccccc3c2-c2c1cc(-c1cccc(-c3cccc4ccccc34)c1)c1ccccc21. The van der Waals surface area contributed by atoms with E-state index >= 15 is 0 Å². The van der Waals surface area contributed by atoms with E-state index in [1.54, 1.807) is 0 Å². The molecule has 0 nitrogen and oxygen atoms in total. The maximum Gasteiger partial charge on any atom is 0.0159 e. The molecule has 0 N–H and O–H groups in total. The average Bonchev–Trinajstić information content (AvgIpc) is 3.23. The van der Waals surface area contributed by atoms with Crippen LogP contribution in [0.15, 0.2) is 133 Å². The lowest BCUT2D eigenvalue weighted by molar-refractivity contribution is 0.661. The maximum atomic E-state index is 2.48. The van der Waals surface area contributed by atoms with Crippen molar-refractivity contribution >= 4 is 32.3 Å². The minimum Gasteiger partial charge on any atom is -0.0616 e. The van der Waals surface area contributed by atoms with Crippen LogP contribution < -0.4 is 0 Å². The highest BCUT2D eigenvalue weighted by atomic mass is 14.4. The Hall–Kier alpha value is -4.68. The molecule has 0 bridgehead atoms. The highest BCUT2D eigenvalue weighted by Gasteiger charge is 2.38. The summed E-state index contributed by atoms with van der Waals surface area (Å²) in [7, 11) is 0. The van der Waals surface area contributed by atoms with Crippen molar-refractivity contribution in [2.24, 2.45) is 0 Å². The van der Waals surface area contributed by atoms with Crippen molar-refractivity contribution in [1.29, 1.82) is 0 Å². The van der Waals surface area contributed by atoms with Gasteiger partial charge in [-0.1, -0.05) is 135 Å². The lowest BCUT2D eigenvalue weighted by atomic mass is 9.80. The van der Waals surface area contributed by atoms with E-state index in [2.05, 4.69) is 147 Å². The van der Waals surface area contributed by atoms with E-state index in [9.17, 15) is 0 Å². The second-order valence-corrected chi connectivity index (χ2v) is 11.3. The molecule has 0 heteroatoms. The Morgan fingerprint density at radius 3 is 1.74 bits per heavy atom. The van der Waals surface area contributed by atoms with Crippen LogP contribution in [0.25, 0.3) is 65.7 Å². The molecule has 0 atom stereocenters. The van der Waals surface area contributed by atoms with Gasteiger partial charge in [0.05, 0.1) is 0 Å². The summed E-state index contributed by atoms with van der Waals surface area (Å²) in [6, 6.07) is 49.3. The van der Waals surface area contributed by atoms with Gasteiger partial charge in [-0.25, -0.2) is 0 Å². The first kappa shape index (κ1) is 22.3. The summed E-state index contributed by atoms with van der Waals surface area (Å²) in [6.45, 7) is 4.77. The van der Waals surface area contributed by atoms with Gasteiger partial charge in [0, 0.05) is 5.41 Å². The van der Waals surface area contributed by atoms with E-state index in [1.165, 1.54) is 76.8 Å². The third kappa shape index (κ3) is 3.18. The van der Waals surface area contributed by atoms with Crippen LogP contribution in [0.5, 0.6) is 0 Å². The lowest BCUT2D eigenvalue weighted by Crippen LogP contribution is -2.15. The molecule has 0 saturated carbocycles. The van der Waals surface area contributed by atoms with E-state index < -0.39 is 0 Å². The molecule has 0 aliphatic heterocycles. The van der Waals surface area contributed by atoms with Crippen molar-refractivity contribution in [2.75, 3.05) is 0 Å². The standard InChI is InChI=1S/C39H28/c1-39(2)35-22-21-26-12-4-6-17-31(26)37(35)38-33-19-8-7-18-32(33)34(24-36(38)39)28-15-9-14-27(23-28)30-20-10-13-25-11-3-5-16-29(25)30/h3-24H,1-2H3. The number of hydrogen-bond acceptors (Lipinski definition) is 0. The van der Waals surface area contributed by atoms with Gasteiger partial charge in [0.1, 0.15) is 0 Å². The van der Waals surface area contributed by atoms with Gasteiger partial charge in [-0.3, -0.25) is 0 Å². The van der Waals surface area contributed by atoms with Crippen LogP contribution in [0.1, 0.15) is 25.0 Å². The van der Waals surface area contributed by atoms with E-state index in [4.69, 9.17) is 0 Å². The van der Waals surface area contributed by atoms with Gasteiger partial charge in [0.15, 0.2) is 0 Å². The summed E-state index contributed by atoms with van der Waals surface area (Å²) in [4.78, 5) is 0. The van der Waals surface area contributed by atoms with Crippen molar-refractivity contribution in [3.63, 3.8) is 0 Å². The Morgan fingerprint density at radius 2 is 0.949 bits per heavy atom. The fourth-order valence-electron chi connectivity index (χ4n) is 6.91. The fraction of sp³-hybridized carbons (Fsp3) is 0.0769. The summed E-state index contributed by atoms with van der Waals surface area (Å²) in [5, 5.41) is 7.86. The van der Waals surface area contributed by atoms with E-state index in [-0.39, 0.29) is 5.41 Å². The second-order valence-electron chi connectivity index (χ2n) is 11.3. The van der Waals surface area contributed by atoms with Crippen molar-refractivity contribution in [2.45, 2.75) is 19.3 Å². The minimum absolute atomic E-state index is 0.0826. The van der Waals surface area contributed by atoms with Crippen molar-refractivity contribution in [3.8, 4) is 33.4 Å². The first-order valence-corrected chi connectivity index (χ1v) is 13.8. The zero-order valence-electron chi connectivity index (χ0n) is 22.2. The molecule has 39 heavy (non-hydrogen) atoms. The molecule has 0 saturated heterocycles. The summed E-state index contributed by atoms with van der Waals surface area (Å²) in [5.74, 6) is 0. The largest absolute Gasteiger partial charge is 0.0616 e. The van der Waals surface area contributed by atoms with Crippen LogP contribution in [0.4, 0.5) is 0 Å². The number of rotatable bonds is 2. The molecule has 1 aliphatic carbocycles. The van der Waals surface area contributed by atoms with Crippen LogP contribution >= 0.6 is 0 Å². The Bertz CT molecular complexity index is 2090. The molecule has 0 spiro atoms. The number of benzene rings is 7. The van der Waals surface area contributed by atoms with Crippen LogP contribution in [-0.2, 0) is 5.41 Å². The average molecular weight is 497 g/mol. The van der Waals surface area contributed by atoms with Crippen molar-refractivity contribution < 1.29 is 0 Å². The molecule has 8 rings (SSSR count). The lowest BCUT2D eigenvalue weighted by Gasteiger charge is -2.23. The van der Waals surface area contributed by atoms with Gasteiger partial charge in [0.25, 0.3) is 0 Å². The smallest absolute Gasteiger partial charge is 0.0159 e. The van der Waals surface area contributed by atoms with Gasteiger partial charge in [-0.2, -0.15) is 0 Å². The third-order valence-electron chi connectivity index (χ3n) is 8.84. The van der Waals surface area contributed by atoms with Gasteiger partial charge in [-0.15, -0.1) is 0 Å². The zero-order chi connectivity index (χ0) is 26.1. The van der Waals surface area contributed by atoms with Crippen molar-refractivity contribution in [3.05, 3.63) is 145 Å². The van der Waals surface area contributed by atoms with E-state index in [1.807, 2.05) is 0 Å². The monoisotopic (exact) mass is 496 g/mol. The van der Waals surface area contributed by atoms with Crippen molar-refractivity contribution in [1.82, 2.24) is 0 Å². The molecular formula is C39H28. The number of fused-ring (bicyclic) bond motifs is 8. The first-order chi connectivity index (χ1) is 19.1. The second kappa shape index (κ2) is 8.16. The van der Waals surface area contributed by atoms with Gasteiger partial charge >= 0.3 is 0 Å². The summed E-state index contributed by atoms with van der Waals surface area (Å²) in [6.07, 6.45) is 0. The first-order valence-electron chi connectivity index (χ1n) is 13.8. The van der Waals surface area contributed by atoms with Crippen LogP contribution in [0.3, 0.4) is 0 Å². The molecular weight excluding hydrogens is 468 g/mol. The summed E-state index contributed by atoms with van der Waals surface area (Å²) in [5.41, 5.74) is 10.6. The molecule has 7 aromatic rings. The Kier molecular flexibility index (Phi) is 4.67. The summed E-state index contributed by atoms with van der Waals surface area (Å²) >= 11 is 0. The highest BCUT2D eigenvalue weighted by Crippen LogP contribution is 2.55. The molecule has 0 radical (unpaired) electrons. The van der Waals surface area contributed by atoms with Crippen LogP contribution in [0.2, 0.25) is 0 Å². The zero-order valence-corrected chi connectivity index (χ0v) is 22.2. The Morgan fingerprint density at radius 1 is 0.385 bits per heavy atom. The van der Waals surface area contributed by atoms with Crippen LogP contribution in [-0.4, -0.2) is 0 Å². The quantitative estimate of drug-likeness (QED) is 0.223. The third-order valence-corrected chi connectivity index (χ3v) is 8.84. The highest BCUT2D eigenvalue weighted by molar-refractivity contribution is 6.14. The van der Waals surface area contributed by atoms with Gasteiger partial charge in [-0.05, 0) is 89.0 Å². The molecule has 0 amide bonds. The van der Waals surface area contributed by atoms with E-state index in [0.717, 1.165) is 0 Å².